The molecule has 1 amide bonds. The van der Waals surface area contributed by atoms with E-state index < -0.39 is 17.8 Å². The van der Waals surface area contributed by atoms with Gasteiger partial charge in [-0.3, -0.25) is 14.4 Å². The normalized spacial score (nSPS) is 19.1. The molecule has 1 unspecified atom stereocenters. The molecule has 134 valence electrons. The molecule has 5 nitrogen and oxygen atoms in total. The van der Waals surface area contributed by atoms with Gasteiger partial charge in [0, 0.05) is 26.7 Å². The van der Waals surface area contributed by atoms with Crippen molar-refractivity contribution in [1.29, 1.82) is 0 Å². The SMILES string of the molecule is Cc1cnn(C)c1CN1CCNC(=O)C1c1ccc(C(F)(F)F)cc1. The van der Waals surface area contributed by atoms with E-state index in [1.807, 2.05) is 18.9 Å². The molecule has 1 aliphatic heterocycles. The van der Waals surface area contributed by atoms with Crippen LogP contribution in [0.5, 0.6) is 0 Å². The van der Waals surface area contributed by atoms with Crippen LogP contribution in [0, 0.1) is 6.92 Å². The number of rotatable bonds is 3. The van der Waals surface area contributed by atoms with Crippen molar-refractivity contribution in [3.63, 3.8) is 0 Å². The molecule has 1 saturated heterocycles. The van der Waals surface area contributed by atoms with Crippen LogP contribution in [-0.4, -0.2) is 33.7 Å². The summed E-state index contributed by atoms with van der Waals surface area (Å²) in [5.41, 5.74) is 1.82. The van der Waals surface area contributed by atoms with Crippen molar-refractivity contribution in [1.82, 2.24) is 20.0 Å². The number of nitrogens with zero attached hydrogens (tertiary/aromatic N) is 3. The third-order valence-corrected chi connectivity index (χ3v) is 4.49. The summed E-state index contributed by atoms with van der Waals surface area (Å²) in [6, 6.07) is 4.17. The van der Waals surface area contributed by atoms with Crippen LogP contribution in [0.4, 0.5) is 13.2 Å². The number of aromatic nitrogens is 2. The van der Waals surface area contributed by atoms with E-state index in [1.165, 1.54) is 12.1 Å². The fourth-order valence-corrected chi connectivity index (χ4v) is 3.09. The van der Waals surface area contributed by atoms with Crippen LogP contribution < -0.4 is 5.32 Å². The van der Waals surface area contributed by atoms with Gasteiger partial charge in [-0.2, -0.15) is 18.3 Å². The largest absolute Gasteiger partial charge is 0.416 e. The molecule has 1 aromatic heterocycles. The molecule has 1 fully saturated rings. The lowest BCUT2D eigenvalue weighted by atomic mass is 10.00. The number of carbonyl (C=O) groups excluding carboxylic acids is 1. The van der Waals surface area contributed by atoms with Gasteiger partial charge in [-0.1, -0.05) is 12.1 Å². The molecule has 0 aliphatic carbocycles. The first kappa shape index (κ1) is 17.5. The first-order valence-electron chi connectivity index (χ1n) is 7.94. The number of hydrogen-bond donors (Lipinski definition) is 1. The van der Waals surface area contributed by atoms with Crippen molar-refractivity contribution in [3.8, 4) is 0 Å². The second-order valence-corrected chi connectivity index (χ2v) is 6.18. The van der Waals surface area contributed by atoms with Gasteiger partial charge in [-0.25, -0.2) is 0 Å². The van der Waals surface area contributed by atoms with Crippen LogP contribution in [0.15, 0.2) is 30.5 Å². The van der Waals surface area contributed by atoms with Crippen LogP contribution in [0.3, 0.4) is 0 Å². The van der Waals surface area contributed by atoms with E-state index in [9.17, 15) is 18.0 Å². The third kappa shape index (κ3) is 3.53. The number of benzene rings is 1. The number of halogens is 3. The predicted molar refractivity (Wildman–Crippen MR) is 85.5 cm³/mol. The summed E-state index contributed by atoms with van der Waals surface area (Å²) >= 11 is 0. The van der Waals surface area contributed by atoms with Crippen LogP contribution in [-0.2, 0) is 24.6 Å². The first-order valence-corrected chi connectivity index (χ1v) is 7.94. The van der Waals surface area contributed by atoms with Gasteiger partial charge in [-0.05, 0) is 30.2 Å². The molecule has 2 aromatic rings. The minimum Gasteiger partial charge on any atom is -0.353 e. The zero-order chi connectivity index (χ0) is 18.2. The Morgan fingerprint density at radius 2 is 1.96 bits per heavy atom. The van der Waals surface area contributed by atoms with E-state index in [1.54, 1.807) is 10.9 Å². The van der Waals surface area contributed by atoms with Crippen LogP contribution in [0.25, 0.3) is 0 Å². The Kier molecular flexibility index (Phi) is 4.55. The maximum Gasteiger partial charge on any atom is 0.416 e. The first-order chi connectivity index (χ1) is 11.8. The van der Waals surface area contributed by atoms with Crippen LogP contribution >= 0.6 is 0 Å². The molecule has 1 atom stereocenters. The van der Waals surface area contributed by atoms with E-state index in [0.717, 1.165) is 23.4 Å². The van der Waals surface area contributed by atoms with Crippen molar-refractivity contribution in [2.45, 2.75) is 25.7 Å². The van der Waals surface area contributed by atoms with E-state index in [2.05, 4.69) is 10.4 Å². The maximum absolute atomic E-state index is 12.8. The summed E-state index contributed by atoms with van der Waals surface area (Å²) in [4.78, 5) is 14.4. The Balaban J connectivity index is 1.89. The summed E-state index contributed by atoms with van der Waals surface area (Å²) in [6.07, 6.45) is -2.63. The second kappa shape index (κ2) is 6.51. The molecule has 2 heterocycles. The fraction of sp³-hybridized carbons (Fsp3) is 0.412. The van der Waals surface area contributed by atoms with Crippen molar-refractivity contribution in [2.24, 2.45) is 7.05 Å². The van der Waals surface area contributed by atoms with Crippen LogP contribution in [0.1, 0.15) is 28.4 Å². The number of alkyl halides is 3. The third-order valence-electron chi connectivity index (χ3n) is 4.49. The molecular weight excluding hydrogens is 333 g/mol. The van der Waals surface area contributed by atoms with Crippen molar-refractivity contribution < 1.29 is 18.0 Å². The zero-order valence-corrected chi connectivity index (χ0v) is 14.0. The lowest BCUT2D eigenvalue weighted by Crippen LogP contribution is -2.49. The van der Waals surface area contributed by atoms with Gasteiger partial charge in [0.1, 0.15) is 6.04 Å². The van der Waals surface area contributed by atoms with Gasteiger partial charge in [0.25, 0.3) is 0 Å². The summed E-state index contributed by atoms with van der Waals surface area (Å²) in [6.45, 7) is 3.57. The van der Waals surface area contributed by atoms with Crippen molar-refractivity contribution in [2.75, 3.05) is 13.1 Å². The highest BCUT2D eigenvalue weighted by atomic mass is 19.4. The minimum absolute atomic E-state index is 0.203. The van der Waals surface area contributed by atoms with E-state index in [-0.39, 0.29) is 5.91 Å². The molecule has 0 saturated carbocycles. The maximum atomic E-state index is 12.8. The number of hydrogen-bond acceptors (Lipinski definition) is 3. The fourth-order valence-electron chi connectivity index (χ4n) is 3.09. The molecule has 1 aromatic carbocycles. The molecule has 0 bridgehead atoms. The summed E-state index contributed by atoms with van der Waals surface area (Å²) < 4.78 is 40.0. The minimum atomic E-state index is -4.39. The van der Waals surface area contributed by atoms with E-state index in [0.29, 0.717) is 25.2 Å². The number of aryl methyl sites for hydroxylation is 2. The zero-order valence-electron chi connectivity index (χ0n) is 14.0. The van der Waals surface area contributed by atoms with Crippen LogP contribution in [0.2, 0.25) is 0 Å². The smallest absolute Gasteiger partial charge is 0.353 e. The molecule has 0 radical (unpaired) electrons. The number of piperazine rings is 1. The summed E-state index contributed by atoms with van der Waals surface area (Å²) in [7, 11) is 1.83. The lowest BCUT2D eigenvalue weighted by Gasteiger charge is -2.35. The highest BCUT2D eigenvalue weighted by Crippen LogP contribution is 2.32. The van der Waals surface area contributed by atoms with Crippen molar-refractivity contribution >= 4 is 5.91 Å². The number of nitrogens with one attached hydrogen (secondary N) is 1. The Hall–Kier alpha value is -2.35. The lowest BCUT2D eigenvalue weighted by molar-refractivity contribution is -0.137. The molecule has 3 rings (SSSR count). The molecule has 8 heteroatoms. The number of carbonyl (C=O) groups is 1. The monoisotopic (exact) mass is 352 g/mol. The predicted octanol–water partition coefficient (Wildman–Crippen LogP) is 2.42. The molecule has 1 aliphatic rings. The standard InChI is InChI=1S/C17H19F3N4O/c1-11-9-22-23(2)14(11)10-24-8-7-21-16(25)15(24)12-3-5-13(6-4-12)17(18,19)20/h3-6,9,15H,7-8,10H2,1-2H3,(H,21,25). The molecule has 25 heavy (non-hydrogen) atoms. The Morgan fingerprint density at radius 3 is 2.52 bits per heavy atom. The Bertz CT molecular complexity index is 748. The highest BCUT2D eigenvalue weighted by Gasteiger charge is 2.34. The topological polar surface area (TPSA) is 50.2 Å². The van der Waals surface area contributed by atoms with E-state index >= 15 is 0 Å². The second-order valence-electron chi connectivity index (χ2n) is 6.18. The van der Waals surface area contributed by atoms with Gasteiger partial charge in [-0.15, -0.1) is 0 Å². The van der Waals surface area contributed by atoms with Gasteiger partial charge >= 0.3 is 6.18 Å². The van der Waals surface area contributed by atoms with Gasteiger partial charge in [0.2, 0.25) is 5.91 Å². The van der Waals surface area contributed by atoms with Gasteiger partial charge in [0.05, 0.1) is 17.5 Å². The summed E-state index contributed by atoms with van der Waals surface area (Å²) in [5, 5.41) is 6.99. The van der Waals surface area contributed by atoms with Gasteiger partial charge in [0.15, 0.2) is 0 Å². The average molecular weight is 352 g/mol. The Morgan fingerprint density at radius 1 is 1.28 bits per heavy atom. The molecule has 1 N–H and O–H groups in total. The number of amides is 1. The highest BCUT2D eigenvalue weighted by molar-refractivity contribution is 5.83. The van der Waals surface area contributed by atoms with Gasteiger partial charge < -0.3 is 5.32 Å². The Labute approximate surface area is 143 Å². The molecular formula is C17H19F3N4O. The molecule has 0 spiro atoms. The van der Waals surface area contributed by atoms with Crippen molar-refractivity contribution in [3.05, 3.63) is 52.8 Å². The average Bonchev–Trinajstić information content (AvgIpc) is 2.86. The summed E-state index contributed by atoms with van der Waals surface area (Å²) in [5.74, 6) is -0.203. The van der Waals surface area contributed by atoms with E-state index in [4.69, 9.17) is 0 Å². The quantitative estimate of drug-likeness (QED) is 0.923.